The zero-order valence-corrected chi connectivity index (χ0v) is 13.4. The van der Waals surface area contributed by atoms with E-state index in [0.29, 0.717) is 12.6 Å². The Hall–Kier alpha value is -1.13. The smallest absolute Gasteiger partial charge is 0.123 e. The fourth-order valence-electron chi connectivity index (χ4n) is 3.19. The van der Waals surface area contributed by atoms with E-state index >= 15 is 0 Å². The van der Waals surface area contributed by atoms with E-state index in [1.54, 1.807) is 12.1 Å². The minimum atomic E-state index is -0.224. The van der Waals surface area contributed by atoms with Crippen molar-refractivity contribution in [1.29, 1.82) is 0 Å². The highest BCUT2D eigenvalue weighted by Gasteiger charge is 2.32. The molecule has 2 atom stereocenters. The van der Waals surface area contributed by atoms with Crippen molar-refractivity contribution in [3.05, 3.63) is 30.1 Å². The molecule has 1 aliphatic heterocycles. The molecule has 0 bridgehead atoms. The number of hydrogen-bond donors (Lipinski definition) is 0. The Kier molecular flexibility index (Phi) is 6.00. The van der Waals surface area contributed by atoms with E-state index < -0.39 is 0 Å². The van der Waals surface area contributed by atoms with Gasteiger partial charge in [0.15, 0.2) is 0 Å². The summed E-state index contributed by atoms with van der Waals surface area (Å²) in [4.78, 5) is 4.83. The monoisotopic (exact) mass is 294 g/mol. The van der Waals surface area contributed by atoms with Gasteiger partial charge in [0.1, 0.15) is 18.2 Å². The highest BCUT2D eigenvalue weighted by molar-refractivity contribution is 5.21. The van der Waals surface area contributed by atoms with E-state index in [9.17, 15) is 4.39 Å². The molecule has 1 saturated heterocycles. The van der Waals surface area contributed by atoms with Crippen molar-refractivity contribution in [2.45, 2.75) is 25.8 Å². The third-order valence-corrected chi connectivity index (χ3v) is 4.29. The van der Waals surface area contributed by atoms with Crippen molar-refractivity contribution >= 4 is 0 Å². The predicted octanol–water partition coefficient (Wildman–Crippen LogP) is 2.87. The molecule has 0 saturated carbocycles. The van der Waals surface area contributed by atoms with Crippen LogP contribution in [0.25, 0.3) is 0 Å². The number of nitrogens with zero attached hydrogens (tertiary/aromatic N) is 2. The third-order valence-electron chi connectivity index (χ3n) is 4.29. The van der Waals surface area contributed by atoms with Crippen molar-refractivity contribution in [1.82, 2.24) is 9.80 Å². The van der Waals surface area contributed by atoms with Crippen molar-refractivity contribution in [2.24, 2.45) is 5.92 Å². The molecule has 1 aromatic carbocycles. The Balaban J connectivity index is 1.77. The molecule has 0 radical (unpaired) electrons. The highest BCUT2D eigenvalue weighted by Crippen LogP contribution is 2.24. The van der Waals surface area contributed by atoms with E-state index in [1.807, 2.05) is 0 Å². The SMILES string of the molecule is CCC[C@H]1CN(CCOc2ccc(F)cc2)C[C@@H]1N(C)C. The molecule has 2 rings (SSSR count). The van der Waals surface area contributed by atoms with Gasteiger partial charge in [-0.25, -0.2) is 4.39 Å². The normalized spacial score (nSPS) is 22.9. The van der Waals surface area contributed by atoms with E-state index in [4.69, 9.17) is 4.74 Å². The molecule has 118 valence electrons. The standard InChI is InChI=1S/C17H27FN2O/c1-4-5-14-12-20(13-17(14)19(2)3)10-11-21-16-8-6-15(18)7-9-16/h6-9,14,17H,4-5,10-13H2,1-3H3/t14-,17-/m0/s1. The molecule has 3 nitrogen and oxygen atoms in total. The second kappa shape index (κ2) is 7.76. The van der Waals surface area contributed by atoms with Crippen LogP contribution in [-0.2, 0) is 0 Å². The van der Waals surface area contributed by atoms with Crippen LogP contribution in [0.3, 0.4) is 0 Å². The lowest BCUT2D eigenvalue weighted by atomic mass is 9.98. The fraction of sp³-hybridized carbons (Fsp3) is 0.647. The summed E-state index contributed by atoms with van der Waals surface area (Å²) in [7, 11) is 4.34. The van der Waals surface area contributed by atoms with Crippen molar-refractivity contribution in [3.63, 3.8) is 0 Å². The van der Waals surface area contributed by atoms with Crippen molar-refractivity contribution in [3.8, 4) is 5.75 Å². The molecular weight excluding hydrogens is 267 g/mol. The first-order chi connectivity index (χ1) is 10.1. The summed E-state index contributed by atoms with van der Waals surface area (Å²) in [6.07, 6.45) is 2.53. The minimum Gasteiger partial charge on any atom is -0.492 e. The van der Waals surface area contributed by atoms with Gasteiger partial charge in [-0.3, -0.25) is 4.90 Å². The number of likely N-dealkylation sites (N-methyl/N-ethyl adjacent to an activating group) is 1. The summed E-state index contributed by atoms with van der Waals surface area (Å²) in [6, 6.07) is 6.88. The van der Waals surface area contributed by atoms with Crippen molar-refractivity contribution in [2.75, 3.05) is 40.3 Å². The molecule has 1 aliphatic rings. The number of likely N-dealkylation sites (tertiary alicyclic amines) is 1. The highest BCUT2D eigenvalue weighted by atomic mass is 19.1. The van der Waals surface area contributed by atoms with Crippen LogP contribution in [-0.4, -0.2) is 56.2 Å². The number of rotatable bonds is 7. The molecule has 1 fully saturated rings. The van der Waals surface area contributed by atoms with Gasteiger partial charge < -0.3 is 9.64 Å². The molecule has 0 amide bonds. The Bertz CT molecular complexity index is 421. The molecule has 1 heterocycles. The number of hydrogen-bond acceptors (Lipinski definition) is 3. The van der Waals surface area contributed by atoms with Gasteiger partial charge in [-0.1, -0.05) is 13.3 Å². The van der Waals surface area contributed by atoms with Gasteiger partial charge in [-0.15, -0.1) is 0 Å². The predicted molar refractivity (Wildman–Crippen MR) is 84.2 cm³/mol. The van der Waals surface area contributed by atoms with Crippen LogP contribution in [0.5, 0.6) is 5.75 Å². The lowest BCUT2D eigenvalue weighted by Crippen LogP contribution is -2.35. The first kappa shape index (κ1) is 16.2. The summed E-state index contributed by atoms with van der Waals surface area (Å²) < 4.78 is 18.5. The molecule has 0 spiro atoms. The lowest BCUT2D eigenvalue weighted by Gasteiger charge is -2.24. The maximum atomic E-state index is 12.8. The van der Waals surface area contributed by atoms with E-state index in [1.165, 1.54) is 25.0 Å². The van der Waals surface area contributed by atoms with Gasteiger partial charge >= 0.3 is 0 Å². The molecule has 0 unspecified atom stereocenters. The van der Waals surface area contributed by atoms with Crippen LogP contribution in [0.15, 0.2) is 24.3 Å². The van der Waals surface area contributed by atoms with Gasteiger partial charge in [-0.2, -0.15) is 0 Å². The van der Waals surface area contributed by atoms with E-state index in [0.717, 1.165) is 31.3 Å². The summed E-state index contributed by atoms with van der Waals surface area (Å²) in [6.45, 7) is 6.12. The summed E-state index contributed by atoms with van der Waals surface area (Å²) in [5.41, 5.74) is 0. The molecule has 4 heteroatoms. The Labute approximate surface area is 127 Å². The fourth-order valence-corrected chi connectivity index (χ4v) is 3.19. The lowest BCUT2D eigenvalue weighted by molar-refractivity contribution is 0.219. The number of halogens is 1. The largest absolute Gasteiger partial charge is 0.492 e. The second-order valence-corrected chi connectivity index (χ2v) is 6.14. The number of benzene rings is 1. The first-order valence-electron chi connectivity index (χ1n) is 7.87. The Morgan fingerprint density at radius 3 is 2.57 bits per heavy atom. The van der Waals surface area contributed by atoms with Gasteiger partial charge in [-0.05, 0) is 50.7 Å². The Morgan fingerprint density at radius 2 is 1.95 bits per heavy atom. The minimum absolute atomic E-state index is 0.224. The molecule has 0 aromatic heterocycles. The van der Waals surface area contributed by atoms with Crippen LogP contribution in [0.4, 0.5) is 4.39 Å². The maximum Gasteiger partial charge on any atom is 0.123 e. The first-order valence-corrected chi connectivity index (χ1v) is 7.87. The third kappa shape index (κ3) is 4.68. The second-order valence-electron chi connectivity index (χ2n) is 6.14. The average Bonchev–Trinajstić information content (AvgIpc) is 2.85. The maximum absolute atomic E-state index is 12.8. The van der Waals surface area contributed by atoms with Crippen LogP contribution < -0.4 is 4.74 Å². The van der Waals surface area contributed by atoms with Crippen LogP contribution in [0, 0.1) is 11.7 Å². The molecule has 0 N–H and O–H groups in total. The van der Waals surface area contributed by atoms with Crippen LogP contribution >= 0.6 is 0 Å². The zero-order valence-electron chi connectivity index (χ0n) is 13.4. The summed E-state index contributed by atoms with van der Waals surface area (Å²) in [5.74, 6) is 1.28. The van der Waals surface area contributed by atoms with Crippen molar-refractivity contribution < 1.29 is 9.13 Å². The van der Waals surface area contributed by atoms with Gasteiger partial charge in [0, 0.05) is 25.7 Å². The Morgan fingerprint density at radius 1 is 1.24 bits per heavy atom. The quantitative estimate of drug-likeness (QED) is 0.769. The van der Waals surface area contributed by atoms with Gasteiger partial charge in [0.05, 0.1) is 0 Å². The van der Waals surface area contributed by atoms with Crippen LogP contribution in [0.1, 0.15) is 19.8 Å². The summed E-state index contributed by atoms with van der Waals surface area (Å²) >= 11 is 0. The molecule has 0 aliphatic carbocycles. The molecular formula is C17H27FN2O. The molecule has 21 heavy (non-hydrogen) atoms. The molecule has 1 aromatic rings. The average molecular weight is 294 g/mol. The van der Waals surface area contributed by atoms with E-state index in [2.05, 4.69) is 30.8 Å². The number of ether oxygens (including phenoxy) is 1. The van der Waals surface area contributed by atoms with Crippen LogP contribution in [0.2, 0.25) is 0 Å². The summed E-state index contributed by atoms with van der Waals surface area (Å²) in [5, 5.41) is 0. The van der Waals surface area contributed by atoms with E-state index in [-0.39, 0.29) is 5.82 Å². The topological polar surface area (TPSA) is 15.7 Å². The van der Waals surface area contributed by atoms with Gasteiger partial charge in [0.2, 0.25) is 0 Å². The zero-order chi connectivity index (χ0) is 15.2. The van der Waals surface area contributed by atoms with Gasteiger partial charge in [0.25, 0.3) is 0 Å².